The Bertz CT molecular complexity index is 387. The number of pyridine rings is 1. The third-order valence-corrected chi connectivity index (χ3v) is 2.74. The van der Waals surface area contributed by atoms with E-state index < -0.39 is 5.97 Å². The molecule has 2 N–H and O–H groups in total. The SMILES string of the molecule is O=C(O)c1cccc(N2CCC(O)CC2)n1. The van der Waals surface area contributed by atoms with Crippen molar-refractivity contribution in [2.24, 2.45) is 0 Å². The molecule has 2 heterocycles. The lowest BCUT2D eigenvalue weighted by molar-refractivity contribution is 0.0690. The van der Waals surface area contributed by atoms with Crippen LogP contribution >= 0.6 is 0 Å². The van der Waals surface area contributed by atoms with Crippen molar-refractivity contribution < 1.29 is 15.0 Å². The first-order valence-corrected chi connectivity index (χ1v) is 5.30. The minimum absolute atomic E-state index is 0.0589. The summed E-state index contributed by atoms with van der Waals surface area (Å²) >= 11 is 0. The molecule has 1 aromatic heterocycles. The van der Waals surface area contributed by atoms with Gasteiger partial charge in [-0.25, -0.2) is 9.78 Å². The number of aliphatic hydroxyl groups excluding tert-OH is 1. The molecule has 1 aromatic rings. The standard InChI is InChI=1S/C11H14N2O3/c14-8-4-6-13(7-5-8)10-3-1-2-9(12-10)11(15)16/h1-3,8,14H,4-7H2,(H,15,16). The van der Waals surface area contributed by atoms with Gasteiger partial charge in [0.15, 0.2) is 5.69 Å². The molecule has 0 atom stereocenters. The predicted molar refractivity (Wildman–Crippen MR) is 58.7 cm³/mol. The van der Waals surface area contributed by atoms with Crippen LogP contribution in [0, 0.1) is 0 Å². The first kappa shape index (κ1) is 10.9. The summed E-state index contributed by atoms with van der Waals surface area (Å²) in [4.78, 5) is 16.8. The van der Waals surface area contributed by atoms with Crippen LogP contribution in [-0.4, -0.2) is 40.4 Å². The monoisotopic (exact) mass is 222 g/mol. The van der Waals surface area contributed by atoms with Crippen molar-refractivity contribution in [1.82, 2.24) is 4.98 Å². The number of carbonyl (C=O) groups is 1. The molecule has 1 saturated heterocycles. The summed E-state index contributed by atoms with van der Waals surface area (Å²) in [5, 5.41) is 18.2. The summed E-state index contributed by atoms with van der Waals surface area (Å²) in [6.45, 7) is 1.44. The first-order chi connectivity index (χ1) is 7.66. The Morgan fingerprint density at radius 3 is 2.69 bits per heavy atom. The molecule has 0 spiro atoms. The molecule has 0 bridgehead atoms. The topological polar surface area (TPSA) is 73.7 Å². The average molecular weight is 222 g/mol. The number of hydrogen-bond acceptors (Lipinski definition) is 4. The summed E-state index contributed by atoms with van der Waals surface area (Å²) in [5.74, 6) is -0.342. The van der Waals surface area contributed by atoms with E-state index in [-0.39, 0.29) is 11.8 Å². The van der Waals surface area contributed by atoms with Crippen molar-refractivity contribution in [2.45, 2.75) is 18.9 Å². The summed E-state index contributed by atoms with van der Waals surface area (Å²) in [6, 6.07) is 4.96. The molecule has 2 rings (SSSR count). The highest BCUT2D eigenvalue weighted by atomic mass is 16.4. The molecular formula is C11H14N2O3. The van der Waals surface area contributed by atoms with E-state index in [1.165, 1.54) is 6.07 Å². The van der Waals surface area contributed by atoms with Crippen molar-refractivity contribution in [3.63, 3.8) is 0 Å². The fraction of sp³-hybridized carbons (Fsp3) is 0.455. The van der Waals surface area contributed by atoms with Crippen LogP contribution < -0.4 is 4.90 Å². The van der Waals surface area contributed by atoms with Crippen molar-refractivity contribution in [3.05, 3.63) is 23.9 Å². The Kier molecular flexibility index (Phi) is 3.05. The van der Waals surface area contributed by atoms with Gasteiger partial charge in [0.2, 0.25) is 0 Å². The molecule has 1 aliphatic rings. The number of carboxylic acid groups (broad SMARTS) is 1. The molecule has 5 nitrogen and oxygen atoms in total. The molecule has 1 fully saturated rings. The molecule has 0 radical (unpaired) electrons. The summed E-state index contributed by atoms with van der Waals surface area (Å²) in [5.41, 5.74) is 0.0589. The van der Waals surface area contributed by atoms with Gasteiger partial charge in [-0.15, -0.1) is 0 Å². The lowest BCUT2D eigenvalue weighted by atomic mass is 10.1. The number of anilines is 1. The number of piperidine rings is 1. The molecule has 16 heavy (non-hydrogen) atoms. The molecule has 0 amide bonds. The molecule has 0 unspecified atom stereocenters. The van der Waals surface area contributed by atoms with Crippen LogP contribution in [0.15, 0.2) is 18.2 Å². The Labute approximate surface area is 93.3 Å². The van der Waals surface area contributed by atoms with Crippen LogP contribution in [-0.2, 0) is 0 Å². The summed E-state index contributed by atoms with van der Waals surface area (Å²) in [7, 11) is 0. The maximum atomic E-state index is 10.8. The van der Waals surface area contributed by atoms with Gasteiger partial charge in [0.25, 0.3) is 0 Å². The maximum Gasteiger partial charge on any atom is 0.354 e. The van der Waals surface area contributed by atoms with Gasteiger partial charge in [-0.2, -0.15) is 0 Å². The number of aromatic nitrogens is 1. The quantitative estimate of drug-likeness (QED) is 0.772. The van der Waals surface area contributed by atoms with Crippen LogP contribution in [0.2, 0.25) is 0 Å². The lowest BCUT2D eigenvalue weighted by Gasteiger charge is -2.30. The van der Waals surface area contributed by atoms with Gasteiger partial charge in [0.05, 0.1) is 6.10 Å². The van der Waals surface area contributed by atoms with Crippen molar-refractivity contribution in [3.8, 4) is 0 Å². The Hall–Kier alpha value is -1.62. The van der Waals surface area contributed by atoms with Crippen molar-refractivity contribution in [1.29, 1.82) is 0 Å². The van der Waals surface area contributed by atoms with Gasteiger partial charge in [-0.05, 0) is 25.0 Å². The van der Waals surface area contributed by atoms with Crippen LogP contribution in [0.1, 0.15) is 23.3 Å². The Morgan fingerprint density at radius 2 is 2.06 bits per heavy atom. The zero-order valence-electron chi connectivity index (χ0n) is 8.83. The third kappa shape index (κ3) is 2.30. The molecule has 1 aliphatic heterocycles. The number of hydrogen-bond donors (Lipinski definition) is 2. The fourth-order valence-electron chi connectivity index (χ4n) is 1.81. The third-order valence-electron chi connectivity index (χ3n) is 2.74. The van der Waals surface area contributed by atoms with E-state index in [0.717, 1.165) is 13.1 Å². The predicted octanol–water partition coefficient (Wildman–Crippen LogP) is 0.741. The van der Waals surface area contributed by atoms with Crippen LogP contribution in [0.25, 0.3) is 0 Å². The second-order valence-corrected chi connectivity index (χ2v) is 3.90. The van der Waals surface area contributed by atoms with Gasteiger partial charge in [-0.3, -0.25) is 0 Å². The highest BCUT2D eigenvalue weighted by Crippen LogP contribution is 2.18. The number of aliphatic hydroxyl groups is 1. The van der Waals surface area contributed by atoms with Gasteiger partial charge in [0.1, 0.15) is 5.82 Å². The molecule has 0 aromatic carbocycles. The Morgan fingerprint density at radius 1 is 1.38 bits per heavy atom. The molecule has 0 saturated carbocycles. The molecule has 86 valence electrons. The average Bonchev–Trinajstić information content (AvgIpc) is 2.30. The summed E-state index contributed by atoms with van der Waals surface area (Å²) < 4.78 is 0. The highest BCUT2D eigenvalue weighted by Gasteiger charge is 2.18. The van der Waals surface area contributed by atoms with E-state index in [0.29, 0.717) is 18.7 Å². The highest BCUT2D eigenvalue weighted by molar-refractivity contribution is 5.85. The van der Waals surface area contributed by atoms with E-state index in [1.54, 1.807) is 12.1 Å². The zero-order valence-corrected chi connectivity index (χ0v) is 8.83. The van der Waals surface area contributed by atoms with Crippen LogP contribution in [0.5, 0.6) is 0 Å². The zero-order chi connectivity index (χ0) is 11.5. The number of aromatic carboxylic acids is 1. The second kappa shape index (κ2) is 4.49. The van der Waals surface area contributed by atoms with Crippen molar-refractivity contribution >= 4 is 11.8 Å². The smallest absolute Gasteiger partial charge is 0.354 e. The van der Waals surface area contributed by atoms with E-state index in [4.69, 9.17) is 5.11 Å². The molecule has 0 aliphatic carbocycles. The van der Waals surface area contributed by atoms with E-state index in [2.05, 4.69) is 4.98 Å². The number of nitrogens with zero attached hydrogens (tertiary/aromatic N) is 2. The van der Waals surface area contributed by atoms with Crippen LogP contribution in [0.4, 0.5) is 5.82 Å². The lowest BCUT2D eigenvalue weighted by Crippen LogP contribution is -2.36. The van der Waals surface area contributed by atoms with Crippen molar-refractivity contribution in [2.75, 3.05) is 18.0 Å². The molecular weight excluding hydrogens is 208 g/mol. The first-order valence-electron chi connectivity index (χ1n) is 5.30. The van der Waals surface area contributed by atoms with E-state index in [1.807, 2.05) is 4.90 Å². The minimum Gasteiger partial charge on any atom is -0.477 e. The molecule has 5 heteroatoms. The van der Waals surface area contributed by atoms with E-state index in [9.17, 15) is 9.90 Å². The number of carboxylic acids is 1. The van der Waals surface area contributed by atoms with Gasteiger partial charge in [0, 0.05) is 13.1 Å². The van der Waals surface area contributed by atoms with Gasteiger partial charge >= 0.3 is 5.97 Å². The normalized spacial score (nSPS) is 17.4. The van der Waals surface area contributed by atoms with E-state index >= 15 is 0 Å². The summed E-state index contributed by atoms with van der Waals surface area (Å²) in [6.07, 6.45) is 1.18. The van der Waals surface area contributed by atoms with Gasteiger partial charge in [-0.1, -0.05) is 6.07 Å². The largest absolute Gasteiger partial charge is 0.477 e. The minimum atomic E-state index is -1.01. The fourth-order valence-corrected chi connectivity index (χ4v) is 1.81. The van der Waals surface area contributed by atoms with Gasteiger partial charge < -0.3 is 15.1 Å². The van der Waals surface area contributed by atoms with Crippen LogP contribution in [0.3, 0.4) is 0 Å². The number of rotatable bonds is 2. The maximum absolute atomic E-state index is 10.8. The Balaban J connectivity index is 2.14. The second-order valence-electron chi connectivity index (χ2n) is 3.90.